The fraction of sp³-hybridized carbons (Fsp3) is 0.0909. The highest BCUT2D eigenvalue weighted by Gasteiger charge is 2.23. The van der Waals surface area contributed by atoms with Gasteiger partial charge in [0.25, 0.3) is 11.5 Å². The molecule has 0 aliphatic carbocycles. The van der Waals surface area contributed by atoms with Crippen molar-refractivity contribution in [3.05, 3.63) is 84.0 Å². The van der Waals surface area contributed by atoms with Crippen LogP contribution in [-0.2, 0) is 4.74 Å². The minimum absolute atomic E-state index is 0.0318. The Balaban J connectivity index is 1.88. The van der Waals surface area contributed by atoms with Gasteiger partial charge in [0, 0.05) is 20.3 Å². The van der Waals surface area contributed by atoms with E-state index in [1.54, 1.807) is 36.6 Å². The van der Waals surface area contributed by atoms with Gasteiger partial charge in [0.05, 0.1) is 28.3 Å². The number of benzene rings is 2. The summed E-state index contributed by atoms with van der Waals surface area (Å²) in [5.41, 5.74) is 0.102. The van der Waals surface area contributed by atoms with Crippen LogP contribution < -0.4 is 10.9 Å². The van der Waals surface area contributed by atoms with Crippen LogP contribution in [0.1, 0.15) is 27.8 Å². The maximum absolute atomic E-state index is 13.4. The third-order valence-corrected chi connectivity index (χ3v) is 6.57. The van der Waals surface area contributed by atoms with E-state index in [1.807, 2.05) is 0 Å². The summed E-state index contributed by atoms with van der Waals surface area (Å²) in [6.45, 7) is 1.82. The van der Waals surface area contributed by atoms with Gasteiger partial charge in [-0.2, -0.15) is 9.78 Å². The lowest BCUT2D eigenvalue weighted by Gasteiger charge is -2.10. The first kappa shape index (κ1) is 23.4. The molecule has 1 amide bonds. The first-order chi connectivity index (χ1) is 15.8. The van der Waals surface area contributed by atoms with Crippen molar-refractivity contribution in [2.45, 2.75) is 6.92 Å². The highest BCUT2D eigenvalue weighted by Crippen LogP contribution is 2.32. The topological polar surface area (TPSA) is 90.3 Å². The van der Waals surface area contributed by atoms with E-state index in [0.29, 0.717) is 10.7 Å². The Bertz CT molecular complexity index is 1450. The maximum atomic E-state index is 13.4. The molecule has 7 nitrogen and oxygen atoms in total. The zero-order valence-corrected chi connectivity index (χ0v) is 20.8. The van der Waals surface area contributed by atoms with Crippen LogP contribution in [0.25, 0.3) is 16.5 Å². The molecule has 0 spiro atoms. The number of ether oxygens (including phenoxy) is 1. The number of halogens is 3. The average Bonchev–Trinajstić information content (AvgIpc) is 3.19. The summed E-state index contributed by atoms with van der Waals surface area (Å²) >= 11 is 16.5. The van der Waals surface area contributed by atoms with Crippen LogP contribution in [0, 0.1) is 0 Å². The van der Waals surface area contributed by atoms with Crippen LogP contribution >= 0.6 is 50.5 Å². The summed E-state index contributed by atoms with van der Waals surface area (Å²) in [6.07, 6.45) is 0. The van der Waals surface area contributed by atoms with E-state index in [-0.39, 0.29) is 38.7 Å². The number of rotatable bonds is 5. The molecule has 33 heavy (non-hydrogen) atoms. The van der Waals surface area contributed by atoms with E-state index in [1.165, 1.54) is 18.2 Å². The third-order valence-electron chi connectivity index (χ3n) is 4.60. The predicted octanol–water partition coefficient (Wildman–Crippen LogP) is 5.95. The van der Waals surface area contributed by atoms with Crippen LogP contribution in [0.15, 0.2) is 57.1 Å². The van der Waals surface area contributed by atoms with Gasteiger partial charge in [-0.05, 0) is 49.4 Å². The normalized spacial score (nSPS) is 10.9. The van der Waals surface area contributed by atoms with Crippen molar-refractivity contribution >= 4 is 78.1 Å². The molecule has 2 aromatic heterocycles. The van der Waals surface area contributed by atoms with Gasteiger partial charge in [-0.15, -0.1) is 11.3 Å². The second-order valence-electron chi connectivity index (χ2n) is 6.69. The first-order valence-corrected chi connectivity index (χ1v) is 12.0. The molecule has 0 radical (unpaired) electrons. The lowest BCUT2D eigenvalue weighted by Crippen LogP contribution is -2.25. The summed E-state index contributed by atoms with van der Waals surface area (Å²) in [5.74, 6) is -1.20. The number of nitrogens with one attached hydrogen (secondary N) is 1. The Labute approximate surface area is 210 Å². The number of carbonyl (C=O) groups is 2. The fourth-order valence-electron chi connectivity index (χ4n) is 3.09. The van der Waals surface area contributed by atoms with Crippen LogP contribution in [0.2, 0.25) is 10.0 Å². The maximum Gasteiger partial charge on any atom is 0.359 e. The number of esters is 1. The standard InChI is InChI=1S/C22H14BrCl2N3O4S/c1-2-32-22(31)18-15-10-33-20(26-19(29)14-8-5-12(24)9-16(14)25)17(15)21(30)28(27-18)13-6-3-11(23)4-7-13/h3-10H,2H2,1H3,(H,26,29). The second-order valence-corrected chi connectivity index (χ2v) is 9.33. The molecular weight excluding hydrogens is 553 g/mol. The summed E-state index contributed by atoms with van der Waals surface area (Å²) in [5, 5.41) is 9.81. The van der Waals surface area contributed by atoms with E-state index in [2.05, 4.69) is 26.3 Å². The Kier molecular flexibility index (Phi) is 6.85. The lowest BCUT2D eigenvalue weighted by atomic mass is 10.2. The molecule has 4 rings (SSSR count). The van der Waals surface area contributed by atoms with Gasteiger partial charge in [-0.25, -0.2) is 4.79 Å². The Hall–Kier alpha value is -2.72. The second kappa shape index (κ2) is 9.64. The van der Waals surface area contributed by atoms with E-state index in [4.69, 9.17) is 27.9 Å². The van der Waals surface area contributed by atoms with Crippen LogP contribution in [0.5, 0.6) is 0 Å². The van der Waals surface area contributed by atoms with Gasteiger partial charge in [-0.1, -0.05) is 39.1 Å². The molecule has 4 aromatic rings. The van der Waals surface area contributed by atoms with E-state index in [0.717, 1.165) is 20.5 Å². The summed E-state index contributed by atoms with van der Waals surface area (Å²) in [6, 6.07) is 11.3. The van der Waals surface area contributed by atoms with Crippen molar-refractivity contribution in [2.24, 2.45) is 0 Å². The number of hydrogen-bond donors (Lipinski definition) is 1. The summed E-state index contributed by atoms with van der Waals surface area (Å²) in [4.78, 5) is 38.9. The van der Waals surface area contributed by atoms with Crippen LogP contribution in [0.3, 0.4) is 0 Å². The van der Waals surface area contributed by atoms with Crippen molar-refractivity contribution in [3.63, 3.8) is 0 Å². The molecule has 0 bridgehead atoms. The molecule has 2 heterocycles. The predicted molar refractivity (Wildman–Crippen MR) is 133 cm³/mol. The number of fused-ring (bicyclic) bond motifs is 1. The molecule has 0 saturated heterocycles. The van der Waals surface area contributed by atoms with Crippen molar-refractivity contribution in [1.29, 1.82) is 0 Å². The SMILES string of the molecule is CCOC(=O)c1nn(-c2ccc(Br)cc2)c(=O)c2c(NC(=O)c3ccc(Cl)cc3Cl)scc12. The molecule has 168 valence electrons. The fourth-order valence-corrected chi connectivity index (χ4v) is 4.78. The van der Waals surface area contributed by atoms with Crippen molar-refractivity contribution in [1.82, 2.24) is 9.78 Å². The number of nitrogens with zero attached hydrogens (tertiary/aromatic N) is 2. The number of amides is 1. The molecule has 1 N–H and O–H groups in total. The summed E-state index contributed by atoms with van der Waals surface area (Å²) < 4.78 is 7.06. The van der Waals surface area contributed by atoms with Crippen LogP contribution in [-0.4, -0.2) is 28.3 Å². The van der Waals surface area contributed by atoms with Gasteiger partial charge in [0.15, 0.2) is 5.69 Å². The molecule has 0 aliphatic rings. The first-order valence-electron chi connectivity index (χ1n) is 9.54. The zero-order valence-electron chi connectivity index (χ0n) is 16.9. The van der Waals surface area contributed by atoms with E-state index in [9.17, 15) is 14.4 Å². The number of anilines is 1. The number of thiophene rings is 1. The summed E-state index contributed by atoms with van der Waals surface area (Å²) in [7, 11) is 0. The number of carbonyl (C=O) groups excluding carboxylic acids is 2. The van der Waals surface area contributed by atoms with E-state index < -0.39 is 17.4 Å². The van der Waals surface area contributed by atoms with Crippen molar-refractivity contribution in [2.75, 3.05) is 11.9 Å². The van der Waals surface area contributed by atoms with E-state index >= 15 is 0 Å². The minimum atomic E-state index is -0.676. The highest BCUT2D eigenvalue weighted by molar-refractivity contribution is 9.10. The lowest BCUT2D eigenvalue weighted by molar-refractivity contribution is 0.0520. The van der Waals surface area contributed by atoms with Gasteiger partial charge in [0.1, 0.15) is 5.00 Å². The minimum Gasteiger partial charge on any atom is -0.461 e. The molecular formula is C22H14BrCl2N3O4S. The molecule has 0 aliphatic heterocycles. The number of aromatic nitrogens is 2. The molecule has 0 atom stereocenters. The van der Waals surface area contributed by atoms with Crippen molar-refractivity contribution < 1.29 is 14.3 Å². The van der Waals surface area contributed by atoms with Gasteiger partial charge in [0.2, 0.25) is 0 Å². The van der Waals surface area contributed by atoms with Gasteiger partial charge in [-0.3, -0.25) is 9.59 Å². The average molecular weight is 567 g/mol. The highest BCUT2D eigenvalue weighted by atomic mass is 79.9. The molecule has 2 aromatic carbocycles. The van der Waals surface area contributed by atoms with Gasteiger partial charge < -0.3 is 10.1 Å². The molecule has 11 heteroatoms. The monoisotopic (exact) mass is 565 g/mol. The smallest absolute Gasteiger partial charge is 0.359 e. The Morgan fingerprint density at radius 2 is 1.91 bits per heavy atom. The third kappa shape index (κ3) is 4.67. The molecule has 0 saturated carbocycles. The molecule has 0 fully saturated rings. The zero-order chi connectivity index (χ0) is 23.7. The Morgan fingerprint density at radius 3 is 2.58 bits per heavy atom. The number of hydrogen-bond acceptors (Lipinski definition) is 6. The van der Waals surface area contributed by atoms with Crippen molar-refractivity contribution in [3.8, 4) is 5.69 Å². The van der Waals surface area contributed by atoms with Crippen LogP contribution in [0.4, 0.5) is 5.00 Å². The Morgan fingerprint density at radius 1 is 1.18 bits per heavy atom. The van der Waals surface area contributed by atoms with Gasteiger partial charge >= 0.3 is 5.97 Å². The largest absolute Gasteiger partial charge is 0.461 e. The quantitative estimate of drug-likeness (QED) is 0.302. The molecule has 0 unspecified atom stereocenters.